The number of halogens is 3. The van der Waals surface area contributed by atoms with Crippen LogP contribution in [0.1, 0.15) is 17.0 Å². The predicted molar refractivity (Wildman–Crippen MR) is 66.4 cm³/mol. The number of hydrogen-bond donors (Lipinski definition) is 1. The third kappa shape index (κ3) is 3.66. The summed E-state index contributed by atoms with van der Waals surface area (Å²) < 4.78 is 45.2. The van der Waals surface area contributed by atoms with Crippen LogP contribution in [0.25, 0.3) is 0 Å². The van der Waals surface area contributed by atoms with Crippen LogP contribution in [0.3, 0.4) is 0 Å². The van der Waals surface area contributed by atoms with Crippen LogP contribution in [0.2, 0.25) is 0 Å². The molecular formula is C13H13F3N2O2. The average molecular weight is 286 g/mol. The normalized spacial score (nSPS) is 11.4. The van der Waals surface area contributed by atoms with Crippen molar-refractivity contribution in [3.8, 4) is 5.75 Å². The molecule has 1 N–H and O–H groups in total. The lowest BCUT2D eigenvalue weighted by Crippen LogP contribution is -2.17. The van der Waals surface area contributed by atoms with Gasteiger partial charge in [0.15, 0.2) is 0 Å². The van der Waals surface area contributed by atoms with E-state index >= 15 is 0 Å². The molecule has 0 unspecified atom stereocenters. The zero-order valence-electron chi connectivity index (χ0n) is 10.9. The van der Waals surface area contributed by atoms with E-state index in [0.717, 1.165) is 11.3 Å². The standard InChI is InChI=1S/C13H13F3N2O2/c1-8-12(9(2)20-18-8)7-17-10-4-3-5-11(6-10)19-13(14,15)16/h3-6,17H,7H2,1-2H3. The lowest BCUT2D eigenvalue weighted by molar-refractivity contribution is -0.274. The quantitative estimate of drug-likeness (QED) is 0.928. The van der Waals surface area contributed by atoms with E-state index in [4.69, 9.17) is 4.52 Å². The molecule has 0 aliphatic rings. The molecule has 0 saturated carbocycles. The van der Waals surface area contributed by atoms with Crippen molar-refractivity contribution in [1.82, 2.24) is 5.16 Å². The van der Waals surface area contributed by atoms with Crippen molar-refractivity contribution >= 4 is 5.69 Å². The Hall–Kier alpha value is -2.18. The zero-order valence-corrected chi connectivity index (χ0v) is 10.9. The van der Waals surface area contributed by atoms with Gasteiger partial charge in [0.1, 0.15) is 11.5 Å². The molecule has 20 heavy (non-hydrogen) atoms. The van der Waals surface area contributed by atoms with Gasteiger partial charge in [0, 0.05) is 23.9 Å². The number of ether oxygens (including phenoxy) is 1. The lowest BCUT2D eigenvalue weighted by Gasteiger charge is -2.11. The molecule has 4 nitrogen and oxygen atoms in total. The second-order valence-electron chi connectivity index (χ2n) is 4.23. The van der Waals surface area contributed by atoms with Crippen LogP contribution in [0.15, 0.2) is 28.8 Å². The second-order valence-corrected chi connectivity index (χ2v) is 4.23. The first-order chi connectivity index (χ1) is 9.35. The molecule has 0 atom stereocenters. The fraction of sp³-hybridized carbons (Fsp3) is 0.308. The molecule has 1 heterocycles. The van der Waals surface area contributed by atoms with Crippen LogP contribution in [-0.4, -0.2) is 11.5 Å². The number of aromatic nitrogens is 1. The number of hydrogen-bond acceptors (Lipinski definition) is 4. The largest absolute Gasteiger partial charge is 0.573 e. The Morgan fingerprint density at radius 1 is 1.30 bits per heavy atom. The minimum absolute atomic E-state index is 0.263. The molecule has 2 aromatic rings. The summed E-state index contributed by atoms with van der Waals surface area (Å²) in [6.45, 7) is 3.99. The first-order valence-corrected chi connectivity index (χ1v) is 5.86. The average Bonchev–Trinajstić information content (AvgIpc) is 2.65. The topological polar surface area (TPSA) is 47.3 Å². The minimum Gasteiger partial charge on any atom is -0.406 e. The summed E-state index contributed by atoms with van der Waals surface area (Å²) in [5.74, 6) is 0.416. The van der Waals surface area contributed by atoms with Crippen molar-refractivity contribution in [1.29, 1.82) is 0 Å². The molecular weight excluding hydrogens is 273 g/mol. The van der Waals surface area contributed by atoms with Gasteiger partial charge in [0.2, 0.25) is 0 Å². The van der Waals surface area contributed by atoms with E-state index in [1.807, 2.05) is 0 Å². The molecule has 0 saturated heterocycles. The second kappa shape index (κ2) is 5.44. The van der Waals surface area contributed by atoms with E-state index in [9.17, 15) is 13.2 Å². The summed E-state index contributed by atoms with van der Waals surface area (Å²) >= 11 is 0. The third-order valence-corrected chi connectivity index (χ3v) is 2.72. The molecule has 0 aliphatic heterocycles. The highest BCUT2D eigenvalue weighted by Gasteiger charge is 2.31. The molecule has 2 rings (SSSR count). The molecule has 0 radical (unpaired) electrons. The van der Waals surface area contributed by atoms with Crippen molar-refractivity contribution < 1.29 is 22.4 Å². The molecule has 0 bridgehead atoms. The van der Waals surface area contributed by atoms with Crippen LogP contribution in [-0.2, 0) is 6.54 Å². The number of rotatable bonds is 4. The van der Waals surface area contributed by atoms with Gasteiger partial charge in [0.25, 0.3) is 0 Å². The first-order valence-electron chi connectivity index (χ1n) is 5.86. The Kier molecular flexibility index (Phi) is 3.87. The molecule has 7 heteroatoms. The molecule has 1 aromatic carbocycles. The van der Waals surface area contributed by atoms with Gasteiger partial charge < -0.3 is 14.6 Å². The maximum absolute atomic E-state index is 12.1. The van der Waals surface area contributed by atoms with E-state index in [0.29, 0.717) is 18.0 Å². The number of aryl methyl sites for hydroxylation is 2. The molecule has 0 aliphatic carbocycles. The Morgan fingerprint density at radius 3 is 2.65 bits per heavy atom. The number of anilines is 1. The summed E-state index contributed by atoms with van der Waals surface area (Å²) in [5.41, 5.74) is 2.15. The molecule has 0 spiro atoms. The van der Waals surface area contributed by atoms with Crippen molar-refractivity contribution in [2.24, 2.45) is 0 Å². The smallest absolute Gasteiger partial charge is 0.406 e. The van der Waals surface area contributed by atoms with E-state index in [1.165, 1.54) is 18.2 Å². The monoisotopic (exact) mass is 286 g/mol. The summed E-state index contributed by atoms with van der Waals surface area (Å²) in [7, 11) is 0. The van der Waals surface area contributed by atoms with Crippen LogP contribution in [0, 0.1) is 13.8 Å². The highest BCUT2D eigenvalue weighted by molar-refractivity contribution is 5.48. The summed E-state index contributed by atoms with van der Waals surface area (Å²) in [4.78, 5) is 0. The Bertz CT molecular complexity index is 574. The van der Waals surface area contributed by atoms with Gasteiger partial charge in [-0.15, -0.1) is 13.2 Å². The highest BCUT2D eigenvalue weighted by atomic mass is 19.4. The molecule has 108 valence electrons. The maximum atomic E-state index is 12.1. The van der Waals surface area contributed by atoms with Gasteiger partial charge in [-0.05, 0) is 26.0 Å². The van der Waals surface area contributed by atoms with E-state index in [-0.39, 0.29) is 5.75 Å². The van der Waals surface area contributed by atoms with Gasteiger partial charge in [-0.1, -0.05) is 11.2 Å². The van der Waals surface area contributed by atoms with Crippen molar-refractivity contribution in [3.63, 3.8) is 0 Å². The Morgan fingerprint density at radius 2 is 2.05 bits per heavy atom. The van der Waals surface area contributed by atoms with Crippen LogP contribution in [0.4, 0.5) is 18.9 Å². The van der Waals surface area contributed by atoms with Gasteiger partial charge >= 0.3 is 6.36 Å². The fourth-order valence-electron chi connectivity index (χ4n) is 1.75. The van der Waals surface area contributed by atoms with Crippen LogP contribution < -0.4 is 10.1 Å². The van der Waals surface area contributed by atoms with Gasteiger partial charge in [-0.3, -0.25) is 0 Å². The Balaban J connectivity index is 2.05. The molecule has 0 amide bonds. The van der Waals surface area contributed by atoms with Crippen LogP contribution in [0.5, 0.6) is 5.75 Å². The molecule has 0 fully saturated rings. The van der Waals surface area contributed by atoms with Gasteiger partial charge in [0.05, 0.1) is 5.69 Å². The fourth-order valence-corrected chi connectivity index (χ4v) is 1.75. The van der Waals surface area contributed by atoms with E-state index in [1.54, 1.807) is 19.9 Å². The van der Waals surface area contributed by atoms with E-state index < -0.39 is 6.36 Å². The maximum Gasteiger partial charge on any atom is 0.573 e. The predicted octanol–water partition coefficient (Wildman–Crippen LogP) is 3.80. The van der Waals surface area contributed by atoms with Gasteiger partial charge in [-0.25, -0.2) is 0 Å². The lowest BCUT2D eigenvalue weighted by atomic mass is 10.2. The van der Waals surface area contributed by atoms with Crippen LogP contribution >= 0.6 is 0 Å². The number of nitrogens with zero attached hydrogens (tertiary/aromatic N) is 1. The first kappa shape index (κ1) is 14.2. The van der Waals surface area contributed by atoms with Gasteiger partial charge in [-0.2, -0.15) is 0 Å². The number of alkyl halides is 3. The summed E-state index contributed by atoms with van der Waals surface area (Å²) in [6, 6.07) is 5.67. The highest BCUT2D eigenvalue weighted by Crippen LogP contribution is 2.25. The summed E-state index contributed by atoms with van der Waals surface area (Å²) in [6.07, 6.45) is -4.69. The van der Waals surface area contributed by atoms with Crippen molar-refractivity contribution in [3.05, 3.63) is 41.3 Å². The number of benzene rings is 1. The van der Waals surface area contributed by atoms with E-state index in [2.05, 4.69) is 15.2 Å². The summed E-state index contributed by atoms with van der Waals surface area (Å²) in [5, 5.41) is 6.81. The third-order valence-electron chi connectivity index (χ3n) is 2.72. The van der Waals surface area contributed by atoms with Crippen molar-refractivity contribution in [2.45, 2.75) is 26.8 Å². The molecule has 1 aromatic heterocycles. The Labute approximate surface area is 113 Å². The van der Waals surface area contributed by atoms with Crippen molar-refractivity contribution in [2.75, 3.05) is 5.32 Å². The minimum atomic E-state index is -4.69. The zero-order chi connectivity index (χ0) is 14.8. The number of nitrogens with one attached hydrogen (secondary N) is 1. The SMILES string of the molecule is Cc1noc(C)c1CNc1cccc(OC(F)(F)F)c1.